The van der Waals surface area contributed by atoms with Crippen molar-refractivity contribution in [2.24, 2.45) is 7.05 Å². The van der Waals surface area contributed by atoms with Gasteiger partial charge in [-0.25, -0.2) is 14.2 Å². The van der Waals surface area contributed by atoms with E-state index in [1.165, 1.54) is 18.2 Å². The third-order valence-corrected chi connectivity index (χ3v) is 5.79. The second-order valence-electron chi connectivity index (χ2n) is 7.63. The van der Waals surface area contributed by atoms with Crippen molar-refractivity contribution in [1.29, 1.82) is 0 Å². The molecule has 0 atom stereocenters. The smallest absolute Gasteiger partial charge is 0.336 e. The van der Waals surface area contributed by atoms with Gasteiger partial charge in [-0.2, -0.15) is 0 Å². The minimum Gasteiger partial charge on any atom is -0.478 e. The quantitative estimate of drug-likeness (QED) is 0.385. The van der Waals surface area contributed by atoms with Crippen LogP contribution in [-0.4, -0.2) is 20.6 Å². The lowest BCUT2D eigenvalue weighted by atomic mass is 10.00. The number of hydrogen-bond acceptors (Lipinski definition) is 2. The Hall–Kier alpha value is -3.99. The molecule has 5 heteroatoms. The van der Waals surface area contributed by atoms with E-state index in [9.17, 15) is 14.3 Å². The number of carboxylic acid groups (broad SMARTS) is 1. The van der Waals surface area contributed by atoms with E-state index >= 15 is 0 Å². The molecule has 0 spiro atoms. The third kappa shape index (κ3) is 2.97. The van der Waals surface area contributed by atoms with Crippen LogP contribution in [0.2, 0.25) is 0 Å². The Balaban J connectivity index is 1.83. The van der Waals surface area contributed by atoms with E-state index in [-0.39, 0.29) is 5.56 Å². The first kappa shape index (κ1) is 19.0. The summed E-state index contributed by atoms with van der Waals surface area (Å²) >= 11 is 0. The maximum atomic E-state index is 13.8. The van der Waals surface area contributed by atoms with E-state index in [1.54, 1.807) is 6.92 Å². The summed E-state index contributed by atoms with van der Waals surface area (Å²) in [6, 6.07) is 22.3. The highest BCUT2D eigenvalue weighted by atomic mass is 19.1. The summed E-state index contributed by atoms with van der Waals surface area (Å²) in [7, 11) is 1.96. The van der Waals surface area contributed by atoms with Crippen molar-refractivity contribution in [1.82, 2.24) is 9.55 Å². The summed E-state index contributed by atoms with van der Waals surface area (Å²) in [4.78, 5) is 16.8. The van der Waals surface area contributed by atoms with Crippen LogP contribution >= 0.6 is 0 Å². The number of para-hydroxylation sites is 1. The fourth-order valence-electron chi connectivity index (χ4n) is 4.35. The van der Waals surface area contributed by atoms with Crippen LogP contribution in [-0.2, 0) is 7.05 Å². The summed E-state index contributed by atoms with van der Waals surface area (Å²) in [6.45, 7) is 1.73. The van der Waals surface area contributed by atoms with Crippen LogP contribution in [0.1, 0.15) is 15.9 Å². The molecule has 0 saturated carbocycles. The molecule has 4 nitrogen and oxygen atoms in total. The van der Waals surface area contributed by atoms with Crippen LogP contribution in [0.5, 0.6) is 0 Å². The maximum absolute atomic E-state index is 13.8. The second-order valence-corrected chi connectivity index (χ2v) is 7.63. The standard InChI is InChI=1S/C26H19FN2O2/c1-15-23(26(30)31)20-14-18(27)11-12-21(20)28-24(15)22-13-17-9-6-10-19(25(17)29(22)2)16-7-4-3-5-8-16/h3-14H,1-2H3,(H,30,31). The molecule has 31 heavy (non-hydrogen) atoms. The zero-order valence-electron chi connectivity index (χ0n) is 17.1. The Bertz CT molecular complexity index is 1490. The van der Waals surface area contributed by atoms with Crippen LogP contribution < -0.4 is 0 Å². The zero-order valence-corrected chi connectivity index (χ0v) is 17.1. The van der Waals surface area contributed by atoms with E-state index in [0.29, 0.717) is 22.2 Å². The van der Waals surface area contributed by atoms with Gasteiger partial charge in [0.25, 0.3) is 0 Å². The number of carboxylic acids is 1. The number of aromatic nitrogens is 2. The fraction of sp³-hybridized carbons (Fsp3) is 0.0769. The highest BCUT2D eigenvalue weighted by molar-refractivity contribution is 6.06. The van der Waals surface area contributed by atoms with Crippen LogP contribution in [0, 0.1) is 12.7 Å². The largest absolute Gasteiger partial charge is 0.478 e. The first-order valence-electron chi connectivity index (χ1n) is 9.93. The van der Waals surface area contributed by atoms with Gasteiger partial charge in [0.05, 0.1) is 28.0 Å². The molecule has 2 heterocycles. The summed E-state index contributed by atoms with van der Waals surface area (Å²) in [5, 5.41) is 11.2. The van der Waals surface area contributed by atoms with Gasteiger partial charge in [0.1, 0.15) is 5.82 Å². The molecule has 3 aromatic carbocycles. The Morgan fingerprint density at radius 3 is 2.52 bits per heavy atom. The van der Waals surface area contributed by atoms with E-state index < -0.39 is 11.8 Å². The molecule has 0 fully saturated rings. The lowest BCUT2D eigenvalue weighted by Gasteiger charge is -2.13. The van der Waals surface area contributed by atoms with Crippen LogP contribution in [0.25, 0.3) is 44.3 Å². The number of fused-ring (bicyclic) bond motifs is 2. The minimum atomic E-state index is -1.10. The monoisotopic (exact) mass is 410 g/mol. The molecule has 0 unspecified atom stereocenters. The normalized spacial score (nSPS) is 11.3. The molecule has 0 aliphatic carbocycles. The molecular formula is C26H19FN2O2. The lowest BCUT2D eigenvalue weighted by Crippen LogP contribution is -2.06. The Kier molecular flexibility index (Phi) is 4.33. The number of nitrogens with zero attached hydrogens (tertiary/aromatic N) is 2. The molecule has 0 aliphatic rings. The number of aromatic carboxylic acids is 1. The highest BCUT2D eigenvalue weighted by Crippen LogP contribution is 2.36. The van der Waals surface area contributed by atoms with Gasteiger partial charge in [0.15, 0.2) is 0 Å². The van der Waals surface area contributed by atoms with Crippen molar-refractivity contribution >= 4 is 27.8 Å². The molecule has 152 valence electrons. The van der Waals surface area contributed by atoms with Crippen molar-refractivity contribution in [3.8, 4) is 22.5 Å². The number of halogens is 1. The number of rotatable bonds is 3. The van der Waals surface area contributed by atoms with Gasteiger partial charge in [-0.1, -0.05) is 48.5 Å². The highest BCUT2D eigenvalue weighted by Gasteiger charge is 2.21. The first-order chi connectivity index (χ1) is 15.0. The second kappa shape index (κ2) is 7.06. The van der Waals surface area contributed by atoms with Gasteiger partial charge in [-0.05, 0) is 42.3 Å². The number of carbonyl (C=O) groups is 1. The molecule has 0 amide bonds. The van der Waals surface area contributed by atoms with Gasteiger partial charge >= 0.3 is 5.97 Å². The third-order valence-electron chi connectivity index (χ3n) is 5.79. The number of benzene rings is 3. The molecule has 0 aliphatic heterocycles. The summed E-state index contributed by atoms with van der Waals surface area (Å²) in [6.07, 6.45) is 0. The molecule has 0 saturated heterocycles. The summed E-state index contributed by atoms with van der Waals surface area (Å²) in [5.74, 6) is -1.58. The predicted octanol–water partition coefficient (Wildman–Crippen LogP) is 6.21. The minimum absolute atomic E-state index is 0.0769. The Labute approximate surface area is 178 Å². The van der Waals surface area contributed by atoms with E-state index in [1.807, 2.05) is 48.0 Å². The van der Waals surface area contributed by atoms with E-state index in [2.05, 4.69) is 18.2 Å². The van der Waals surface area contributed by atoms with Crippen molar-refractivity contribution < 1.29 is 14.3 Å². The van der Waals surface area contributed by atoms with Gasteiger partial charge < -0.3 is 9.67 Å². The lowest BCUT2D eigenvalue weighted by molar-refractivity contribution is 0.0698. The fourth-order valence-corrected chi connectivity index (χ4v) is 4.35. The number of aryl methyl sites for hydroxylation is 1. The van der Waals surface area contributed by atoms with Gasteiger partial charge in [-0.15, -0.1) is 0 Å². The molecule has 0 radical (unpaired) electrons. The molecule has 5 aromatic rings. The first-order valence-corrected chi connectivity index (χ1v) is 9.93. The van der Waals surface area contributed by atoms with Crippen molar-refractivity contribution in [3.05, 3.63) is 89.7 Å². The van der Waals surface area contributed by atoms with Gasteiger partial charge in [0.2, 0.25) is 0 Å². The summed E-state index contributed by atoms with van der Waals surface area (Å²) in [5.41, 5.74) is 5.66. The van der Waals surface area contributed by atoms with Gasteiger partial charge in [-0.3, -0.25) is 0 Å². The molecule has 1 N–H and O–H groups in total. The average Bonchev–Trinajstić information content (AvgIpc) is 3.10. The number of pyridine rings is 1. The van der Waals surface area contributed by atoms with Crippen molar-refractivity contribution in [2.75, 3.05) is 0 Å². The predicted molar refractivity (Wildman–Crippen MR) is 121 cm³/mol. The molecule has 0 bridgehead atoms. The van der Waals surface area contributed by atoms with Crippen molar-refractivity contribution in [3.63, 3.8) is 0 Å². The summed E-state index contributed by atoms with van der Waals surface area (Å²) < 4.78 is 15.9. The molecular weight excluding hydrogens is 391 g/mol. The molecule has 5 rings (SSSR count). The zero-order chi connectivity index (χ0) is 21.7. The van der Waals surface area contributed by atoms with Crippen LogP contribution in [0.15, 0.2) is 72.8 Å². The van der Waals surface area contributed by atoms with Gasteiger partial charge in [0, 0.05) is 23.4 Å². The Morgan fingerprint density at radius 1 is 1.00 bits per heavy atom. The van der Waals surface area contributed by atoms with Crippen molar-refractivity contribution in [2.45, 2.75) is 6.92 Å². The van der Waals surface area contributed by atoms with Crippen LogP contribution in [0.3, 0.4) is 0 Å². The average molecular weight is 410 g/mol. The SMILES string of the molecule is Cc1c(-c2cc3cccc(-c4ccccc4)c3n2C)nc2ccc(F)cc2c1C(=O)O. The topological polar surface area (TPSA) is 55.1 Å². The van der Waals surface area contributed by atoms with E-state index in [0.717, 1.165) is 27.7 Å². The number of hydrogen-bond donors (Lipinski definition) is 1. The van der Waals surface area contributed by atoms with E-state index in [4.69, 9.17) is 4.98 Å². The maximum Gasteiger partial charge on any atom is 0.336 e. The molecule has 2 aromatic heterocycles. The van der Waals surface area contributed by atoms with Crippen LogP contribution in [0.4, 0.5) is 4.39 Å². The Morgan fingerprint density at radius 2 is 1.77 bits per heavy atom.